The Balaban J connectivity index is 1.76. The molecular formula is C24H21NO5. The van der Waals surface area contributed by atoms with Gasteiger partial charge in [0.05, 0.1) is 29.8 Å². The number of aromatic hydroxyl groups is 1. The molecule has 3 aromatic carbocycles. The van der Waals surface area contributed by atoms with E-state index in [9.17, 15) is 19.5 Å². The van der Waals surface area contributed by atoms with Gasteiger partial charge in [0, 0.05) is 5.39 Å². The minimum Gasteiger partial charge on any atom is -0.506 e. The second-order valence-electron chi connectivity index (χ2n) is 7.07. The molecule has 0 unspecified atom stereocenters. The van der Waals surface area contributed by atoms with E-state index >= 15 is 0 Å². The Morgan fingerprint density at radius 2 is 1.57 bits per heavy atom. The van der Waals surface area contributed by atoms with E-state index in [1.165, 1.54) is 0 Å². The number of anilines is 1. The molecule has 1 heterocycles. The third kappa shape index (κ3) is 3.01. The Morgan fingerprint density at radius 3 is 2.20 bits per heavy atom. The molecule has 4 rings (SSSR count). The van der Waals surface area contributed by atoms with Gasteiger partial charge in [-0.1, -0.05) is 43.3 Å². The number of phenols is 1. The zero-order valence-corrected chi connectivity index (χ0v) is 16.8. The van der Waals surface area contributed by atoms with Crippen LogP contribution >= 0.6 is 0 Å². The van der Waals surface area contributed by atoms with Gasteiger partial charge in [0.15, 0.2) is 0 Å². The maximum absolute atomic E-state index is 13.3. The van der Waals surface area contributed by atoms with Crippen LogP contribution in [0.15, 0.2) is 48.5 Å². The summed E-state index contributed by atoms with van der Waals surface area (Å²) in [5.41, 5.74) is 2.16. The van der Waals surface area contributed by atoms with E-state index in [1.807, 2.05) is 19.1 Å². The number of rotatable bonds is 5. The Bertz CT molecular complexity index is 1180. The Morgan fingerprint density at radius 1 is 0.933 bits per heavy atom. The number of benzene rings is 3. The Kier molecular flexibility index (Phi) is 4.99. The molecule has 2 amide bonds. The molecule has 1 aliphatic rings. The molecule has 0 fully saturated rings. The molecule has 0 atom stereocenters. The summed E-state index contributed by atoms with van der Waals surface area (Å²) in [6.07, 6.45) is 0.664. The summed E-state index contributed by atoms with van der Waals surface area (Å²) < 4.78 is 4.94. The lowest BCUT2D eigenvalue weighted by atomic mass is 9.92. The monoisotopic (exact) mass is 403 g/mol. The lowest BCUT2D eigenvalue weighted by Crippen LogP contribution is -2.29. The number of carbonyl (C=O) groups is 3. The lowest BCUT2D eigenvalue weighted by molar-refractivity contribution is -0.142. The first-order valence-corrected chi connectivity index (χ1v) is 9.87. The number of carbonyl (C=O) groups excluding carboxylic acids is 3. The van der Waals surface area contributed by atoms with E-state index in [1.54, 1.807) is 43.3 Å². The van der Waals surface area contributed by atoms with E-state index in [0.717, 1.165) is 21.4 Å². The van der Waals surface area contributed by atoms with Crippen molar-refractivity contribution in [3.05, 3.63) is 70.8 Å². The van der Waals surface area contributed by atoms with Gasteiger partial charge in [0.1, 0.15) is 5.75 Å². The minimum atomic E-state index is -0.550. The van der Waals surface area contributed by atoms with Gasteiger partial charge in [0.25, 0.3) is 11.8 Å². The number of fused-ring (bicyclic) bond motifs is 2. The average Bonchev–Trinajstić information content (AvgIpc) is 3.00. The molecule has 0 spiro atoms. The van der Waals surface area contributed by atoms with Crippen molar-refractivity contribution in [2.45, 2.75) is 26.7 Å². The molecule has 3 aromatic rings. The maximum Gasteiger partial charge on any atom is 0.310 e. The van der Waals surface area contributed by atoms with Crippen molar-refractivity contribution < 1.29 is 24.2 Å². The van der Waals surface area contributed by atoms with Crippen LogP contribution in [0, 0.1) is 0 Å². The summed E-state index contributed by atoms with van der Waals surface area (Å²) in [7, 11) is 0. The molecule has 0 aromatic heterocycles. The predicted molar refractivity (Wildman–Crippen MR) is 113 cm³/mol. The molecule has 6 nitrogen and oxygen atoms in total. The topological polar surface area (TPSA) is 83.9 Å². The molecule has 6 heteroatoms. The summed E-state index contributed by atoms with van der Waals surface area (Å²) >= 11 is 0. The van der Waals surface area contributed by atoms with Crippen molar-refractivity contribution in [1.29, 1.82) is 0 Å². The third-order valence-electron chi connectivity index (χ3n) is 5.33. The number of amides is 2. The van der Waals surface area contributed by atoms with Crippen LogP contribution < -0.4 is 4.90 Å². The Labute approximate surface area is 173 Å². The molecular weight excluding hydrogens is 382 g/mol. The fraction of sp³-hybridized carbons (Fsp3) is 0.208. The van der Waals surface area contributed by atoms with Crippen LogP contribution in [0.3, 0.4) is 0 Å². The second-order valence-corrected chi connectivity index (χ2v) is 7.07. The molecule has 0 bridgehead atoms. The number of imide groups is 1. The first-order chi connectivity index (χ1) is 14.5. The first-order valence-electron chi connectivity index (χ1n) is 9.87. The maximum atomic E-state index is 13.3. The van der Waals surface area contributed by atoms with Gasteiger partial charge in [-0.3, -0.25) is 14.4 Å². The fourth-order valence-corrected chi connectivity index (χ4v) is 3.99. The number of phenolic OH excluding ortho intramolecular Hbond substituents is 1. The number of hydrogen-bond acceptors (Lipinski definition) is 5. The van der Waals surface area contributed by atoms with Gasteiger partial charge in [0.2, 0.25) is 0 Å². The van der Waals surface area contributed by atoms with Crippen molar-refractivity contribution in [2.75, 3.05) is 11.5 Å². The number of ether oxygens (including phenoxy) is 1. The van der Waals surface area contributed by atoms with Crippen molar-refractivity contribution in [1.82, 2.24) is 0 Å². The molecule has 1 N–H and O–H groups in total. The van der Waals surface area contributed by atoms with Gasteiger partial charge >= 0.3 is 5.97 Å². The van der Waals surface area contributed by atoms with Crippen molar-refractivity contribution in [2.24, 2.45) is 0 Å². The first kappa shape index (κ1) is 19.6. The summed E-state index contributed by atoms with van der Waals surface area (Å²) in [6, 6.07) is 13.8. The van der Waals surface area contributed by atoms with E-state index < -0.39 is 11.8 Å². The zero-order valence-electron chi connectivity index (χ0n) is 16.8. The van der Waals surface area contributed by atoms with Gasteiger partial charge in [-0.2, -0.15) is 0 Å². The SMILES string of the molecule is CCOC(=O)Cc1ccc(N2C(=O)c3c(c(CC)c4ccccc4c3O)C2=O)cc1. The fourth-order valence-electron chi connectivity index (χ4n) is 3.99. The van der Waals surface area contributed by atoms with Crippen molar-refractivity contribution in [3.63, 3.8) is 0 Å². The van der Waals surface area contributed by atoms with E-state index in [4.69, 9.17) is 4.74 Å². The largest absolute Gasteiger partial charge is 0.506 e. The molecule has 30 heavy (non-hydrogen) atoms. The average molecular weight is 403 g/mol. The molecule has 0 saturated heterocycles. The van der Waals surface area contributed by atoms with E-state index in [0.29, 0.717) is 24.1 Å². The number of aryl methyl sites for hydroxylation is 1. The highest BCUT2D eigenvalue weighted by Crippen LogP contribution is 2.41. The van der Waals surface area contributed by atoms with Crippen LogP contribution in [0.4, 0.5) is 5.69 Å². The van der Waals surface area contributed by atoms with Crippen LogP contribution in [0.1, 0.15) is 45.7 Å². The smallest absolute Gasteiger partial charge is 0.310 e. The highest BCUT2D eigenvalue weighted by Gasteiger charge is 2.41. The molecule has 0 radical (unpaired) electrons. The lowest BCUT2D eigenvalue weighted by Gasteiger charge is -2.14. The molecule has 152 valence electrons. The van der Waals surface area contributed by atoms with E-state index in [-0.39, 0.29) is 29.3 Å². The summed E-state index contributed by atoms with van der Waals surface area (Å²) in [5.74, 6) is -1.51. The van der Waals surface area contributed by atoms with Crippen LogP contribution in [-0.4, -0.2) is 29.5 Å². The van der Waals surface area contributed by atoms with Crippen molar-refractivity contribution >= 4 is 34.2 Å². The molecule has 0 saturated carbocycles. The van der Waals surface area contributed by atoms with Gasteiger partial charge in [-0.25, -0.2) is 4.90 Å². The van der Waals surface area contributed by atoms with Gasteiger partial charge in [-0.05, 0) is 42.0 Å². The van der Waals surface area contributed by atoms with Crippen LogP contribution in [0.2, 0.25) is 0 Å². The van der Waals surface area contributed by atoms with Gasteiger partial charge in [-0.15, -0.1) is 0 Å². The summed E-state index contributed by atoms with van der Waals surface area (Å²) in [4.78, 5) is 39.2. The van der Waals surface area contributed by atoms with Crippen LogP contribution in [0.25, 0.3) is 10.8 Å². The zero-order chi connectivity index (χ0) is 21.4. The summed E-state index contributed by atoms with van der Waals surface area (Å²) in [5, 5.41) is 12.1. The molecule has 0 aliphatic carbocycles. The second kappa shape index (κ2) is 7.63. The quantitative estimate of drug-likeness (QED) is 0.514. The van der Waals surface area contributed by atoms with Crippen LogP contribution in [-0.2, 0) is 22.4 Å². The molecule has 1 aliphatic heterocycles. The highest BCUT2D eigenvalue weighted by molar-refractivity contribution is 6.37. The minimum absolute atomic E-state index is 0.0474. The third-order valence-corrected chi connectivity index (χ3v) is 5.33. The highest BCUT2D eigenvalue weighted by atomic mass is 16.5. The standard InChI is InChI=1S/C24H21NO5/c1-3-16-17-7-5-6-8-18(17)22(27)21-20(16)23(28)25(24(21)29)15-11-9-14(10-12-15)13-19(26)30-4-2/h5-12,27H,3-4,13H2,1-2H3. The summed E-state index contributed by atoms with van der Waals surface area (Å²) in [6.45, 7) is 3.97. The van der Waals surface area contributed by atoms with Crippen molar-refractivity contribution in [3.8, 4) is 5.75 Å². The number of nitrogens with zero attached hydrogens (tertiary/aromatic N) is 1. The van der Waals surface area contributed by atoms with E-state index in [2.05, 4.69) is 0 Å². The predicted octanol–water partition coefficient (Wildman–Crippen LogP) is 4.01. The number of esters is 1. The Hall–Kier alpha value is -3.67. The van der Waals surface area contributed by atoms with Gasteiger partial charge < -0.3 is 9.84 Å². The number of hydrogen-bond donors (Lipinski definition) is 1. The normalized spacial score (nSPS) is 13.1. The van der Waals surface area contributed by atoms with Crippen LogP contribution in [0.5, 0.6) is 5.75 Å².